The lowest BCUT2D eigenvalue weighted by Gasteiger charge is -2.18. The van der Waals surface area contributed by atoms with Crippen LogP contribution in [0, 0.1) is 0 Å². The molecular weight excluding hydrogens is 316 g/mol. The summed E-state index contributed by atoms with van der Waals surface area (Å²) in [4.78, 5) is 25.8. The van der Waals surface area contributed by atoms with Gasteiger partial charge in [0.05, 0.1) is 0 Å². The summed E-state index contributed by atoms with van der Waals surface area (Å²) >= 11 is 0. The van der Waals surface area contributed by atoms with E-state index < -0.39 is 0 Å². The third-order valence-corrected chi connectivity index (χ3v) is 4.66. The van der Waals surface area contributed by atoms with Crippen molar-refractivity contribution in [1.82, 2.24) is 20.0 Å². The van der Waals surface area contributed by atoms with E-state index in [2.05, 4.69) is 10.4 Å². The number of amides is 2. The van der Waals surface area contributed by atoms with Crippen molar-refractivity contribution in [2.24, 2.45) is 7.05 Å². The minimum Gasteiger partial charge on any atom is -0.352 e. The standard InChI is InChI=1S/C19H24N4O2/c1-22-17(10-11-21-22)8-9-18(24)20-13-15-5-2-3-6-16(15)14-23-12-4-7-19(23)25/h2-3,5-6,10-11H,4,7-9,12-14H2,1H3,(H,20,24). The largest absolute Gasteiger partial charge is 0.352 e. The van der Waals surface area contributed by atoms with Gasteiger partial charge in [0.25, 0.3) is 0 Å². The van der Waals surface area contributed by atoms with E-state index in [1.54, 1.807) is 10.9 Å². The van der Waals surface area contributed by atoms with Crippen LogP contribution in [0.4, 0.5) is 0 Å². The van der Waals surface area contributed by atoms with Gasteiger partial charge in [-0.2, -0.15) is 5.10 Å². The molecule has 1 aromatic carbocycles. The van der Waals surface area contributed by atoms with E-state index in [4.69, 9.17) is 0 Å². The fourth-order valence-electron chi connectivity index (χ4n) is 3.13. The molecule has 0 unspecified atom stereocenters. The van der Waals surface area contributed by atoms with E-state index in [0.717, 1.165) is 29.8 Å². The molecule has 6 nitrogen and oxygen atoms in total. The lowest BCUT2D eigenvalue weighted by Crippen LogP contribution is -2.27. The van der Waals surface area contributed by atoms with Crippen molar-refractivity contribution < 1.29 is 9.59 Å². The van der Waals surface area contributed by atoms with E-state index in [9.17, 15) is 9.59 Å². The second kappa shape index (κ2) is 7.96. The third-order valence-electron chi connectivity index (χ3n) is 4.66. The summed E-state index contributed by atoms with van der Waals surface area (Å²) in [7, 11) is 1.88. The first-order valence-corrected chi connectivity index (χ1v) is 8.71. The summed E-state index contributed by atoms with van der Waals surface area (Å²) in [6.45, 7) is 1.94. The van der Waals surface area contributed by atoms with Crippen LogP contribution in [0.3, 0.4) is 0 Å². The van der Waals surface area contributed by atoms with Crippen LogP contribution in [0.2, 0.25) is 0 Å². The van der Waals surface area contributed by atoms with Gasteiger partial charge >= 0.3 is 0 Å². The Kier molecular flexibility index (Phi) is 5.48. The minimum absolute atomic E-state index is 0.0215. The maximum absolute atomic E-state index is 12.1. The normalized spacial score (nSPS) is 14.1. The molecule has 25 heavy (non-hydrogen) atoms. The van der Waals surface area contributed by atoms with E-state index in [1.807, 2.05) is 42.3 Å². The van der Waals surface area contributed by atoms with Gasteiger partial charge in [-0.15, -0.1) is 0 Å². The molecule has 6 heteroatoms. The molecule has 2 aromatic rings. The molecule has 1 aliphatic rings. The average Bonchev–Trinajstić information content (AvgIpc) is 3.20. The number of nitrogens with one attached hydrogen (secondary N) is 1. The molecular formula is C19H24N4O2. The number of nitrogens with zero attached hydrogens (tertiary/aromatic N) is 3. The van der Waals surface area contributed by atoms with Gasteiger partial charge in [-0.05, 0) is 30.0 Å². The topological polar surface area (TPSA) is 67.2 Å². The lowest BCUT2D eigenvalue weighted by atomic mass is 10.1. The Bertz CT molecular complexity index is 753. The van der Waals surface area contributed by atoms with Crippen LogP contribution >= 0.6 is 0 Å². The van der Waals surface area contributed by atoms with Gasteiger partial charge in [0.2, 0.25) is 11.8 Å². The second-order valence-corrected chi connectivity index (χ2v) is 6.41. The van der Waals surface area contributed by atoms with Crippen molar-refractivity contribution in [2.75, 3.05) is 6.54 Å². The van der Waals surface area contributed by atoms with Crippen LogP contribution in [0.1, 0.15) is 36.1 Å². The molecule has 0 spiro atoms. The molecule has 0 bridgehead atoms. The number of carbonyl (C=O) groups is 2. The zero-order valence-corrected chi connectivity index (χ0v) is 14.6. The quantitative estimate of drug-likeness (QED) is 0.836. The summed E-state index contributed by atoms with van der Waals surface area (Å²) in [6, 6.07) is 9.91. The van der Waals surface area contributed by atoms with Crippen molar-refractivity contribution in [3.8, 4) is 0 Å². The summed E-state index contributed by atoms with van der Waals surface area (Å²) in [5.41, 5.74) is 3.21. The highest BCUT2D eigenvalue weighted by molar-refractivity contribution is 5.78. The molecule has 132 valence electrons. The highest BCUT2D eigenvalue weighted by atomic mass is 16.2. The minimum atomic E-state index is 0.0215. The van der Waals surface area contributed by atoms with Crippen molar-refractivity contribution in [3.05, 3.63) is 53.3 Å². The Hall–Kier alpha value is -2.63. The second-order valence-electron chi connectivity index (χ2n) is 6.41. The number of benzene rings is 1. The smallest absolute Gasteiger partial charge is 0.222 e. The Morgan fingerprint density at radius 2 is 2.04 bits per heavy atom. The van der Waals surface area contributed by atoms with E-state index in [1.165, 1.54) is 0 Å². The van der Waals surface area contributed by atoms with Crippen molar-refractivity contribution in [2.45, 2.75) is 38.8 Å². The SMILES string of the molecule is Cn1nccc1CCC(=O)NCc1ccccc1CN1CCCC1=O. The first kappa shape index (κ1) is 17.2. The molecule has 2 amide bonds. The molecule has 2 heterocycles. The molecule has 1 saturated heterocycles. The van der Waals surface area contributed by atoms with Crippen LogP contribution in [-0.2, 0) is 36.1 Å². The summed E-state index contributed by atoms with van der Waals surface area (Å²) < 4.78 is 1.79. The number of aryl methyl sites for hydroxylation is 2. The summed E-state index contributed by atoms with van der Waals surface area (Å²) in [6.07, 6.45) is 4.43. The molecule has 0 radical (unpaired) electrons. The predicted molar refractivity (Wildman–Crippen MR) is 94.5 cm³/mol. The number of aromatic nitrogens is 2. The molecule has 1 fully saturated rings. The van der Waals surface area contributed by atoms with Crippen molar-refractivity contribution >= 4 is 11.8 Å². The van der Waals surface area contributed by atoms with Crippen LogP contribution in [0.5, 0.6) is 0 Å². The maximum atomic E-state index is 12.1. The first-order chi connectivity index (χ1) is 12.1. The maximum Gasteiger partial charge on any atom is 0.222 e. The first-order valence-electron chi connectivity index (χ1n) is 8.71. The fraction of sp³-hybridized carbons (Fsp3) is 0.421. The van der Waals surface area contributed by atoms with Crippen LogP contribution < -0.4 is 5.32 Å². The Morgan fingerprint density at radius 1 is 1.24 bits per heavy atom. The molecule has 0 saturated carbocycles. The molecule has 1 aromatic heterocycles. The van der Waals surface area contributed by atoms with Gasteiger partial charge in [0.1, 0.15) is 0 Å². The Morgan fingerprint density at radius 3 is 2.72 bits per heavy atom. The van der Waals surface area contributed by atoms with Crippen LogP contribution in [-0.4, -0.2) is 33.0 Å². The van der Waals surface area contributed by atoms with Crippen molar-refractivity contribution in [3.63, 3.8) is 0 Å². The predicted octanol–water partition coefficient (Wildman–Crippen LogP) is 1.79. The number of rotatable bonds is 7. The highest BCUT2D eigenvalue weighted by Gasteiger charge is 2.20. The Labute approximate surface area is 147 Å². The summed E-state index contributed by atoms with van der Waals surface area (Å²) in [5, 5.41) is 7.09. The van der Waals surface area contributed by atoms with Gasteiger partial charge in [0.15, 0.2) is 0 Å². The van der Waals surface area contributed by atoms with Crippen molar-refractivity contribution in [1.29, 1.82) is 0 Å². The van der Waals surface area contributed by atoms with Gasteiger partial charge < -0.3 is 10.2 Å². The lowest BCUT2D eigenvalue weighted by molar-refractivity contribution is -0.128. The summed E-state index contributed by atoms with van der Waals surface area (Å²) in [5.74, 6) is 0.239. The van der Waals surface area contributed by atoms with Gasteiger partial charge in [-0.1, -0.05) is 24.3 Å². The molecule has 0 aliphatic carbocycles. The van der Waals surface area contributed by atoms with Gasteiger partial charge in [-0.3, -0.25) is 14.3 Å². The monoisotopic (exact) mass is 340 g/mol. The van der Waals surface area contributed by atoms with E-state index in [0.29, 0.717) is 32.4 Å². The molecule has 1 N–H and O–H groups in total. The van der Waals surface area contributed by atoms with Gasteiger partial charge in [-0.25, -0.2) is 0 Å². The average molecular weight is 340 g/mol. The van der Waals surface area contributed by atoms with E-state index in [-0.39, 0.29) is 11.8 Å². The number of likely N-dealkylation sites (tertiary alicyclic amines) is 1. The fourth-order valence-corrected chi connectivity index (χ4v) is 3.13. The molecule has 1 aliphatic heterocycles. The van der Waals surface area contributed by atoms with E-state index >= 15 is 0 Å². The molecule has 0 atom stereocenters. The molecule has 3 rings (SSSR count). The van der Waals surface area contributed by atoms with Gasteiger partial charge in [0, 0.05) is 51.4 Å². The third kappa shape index (κ3) is 4.47. The zero-order valence-electron chi connectivity index (χ0n) is 14.6. The number of carbonyl (C=O) groups excluding carboxylic acids is 2. The number of hydrogen-bond donors (Lipinski definition) is 1. The zero-order chi connectivity index (χ0) is 17.6. The highest BCUT2D eigenvalue weighted by Crippen LogP contribution is 2.17. The number of hydrogen-bond acceptors (Lipinski definition) is 3. The van der Waals surface area contributed by atoms with Crippen LogP contribution in [0.25, 0.3) is 0 Å². The van der Waals surface area contributed by atoms with Crippen LogP contribution in [0.15, 0.2) is 36.5 Å². The Balaban J connectivity index is 1.53.